The van der Waals surface area contributed by atoms with Gasteiger partial charge in [-0.1, -0.05) is 50.2 Å². The first-order valence-electron chi connectivity index (χ1n) is 8.56. The third-order valence-electron chi connectivity index (χ3n) is 4.84. The Morgan fingerprint density at radius 1 is 0.696 bits per heavy atom. The van der Waals surface area contributed by atoms with Crippen molar-refractivity contribution in [2.45, 2.75) is 39.3 Å². The molecule has 2 atom stereocenters. The first kappa shape index (κ1) is 17.4. The Hall–Kier alpha value is -1.96. The lowest BCUT2D eigenvalue weighted by molar-refractivity contribution is 0.413. The fourth-order valence-electron chi connectivity index (χ4n) is 3.16. The summed E-state index contributed by atoms with van der Waals surface area (Å²) >= 11 is 0. The molecule has 0 saturated carbocycles. The average molecular weight is 310 g/mol. The average Bonchev–Trinajstić information content (AvgIpc) is 2.59. The molecular formula is C21H30N2. The summed E-state index contributed by atoms with van der Waals surface area (Å²) in [5.41, 5.74) is 2.57. The van der Waals surface area contributed by atoms with E-state index >= 15 is 0 Å². The molecule has 2 heteroatoms. The largest absolute Gasteiger partial charge is 0.372 e. The van der Waals surface area contributed by atoms with E-state index in [1.807, 2.05) is 0 Å². The summed E-state index contributed by atoms with van der Waals surface area (Å²) < 4.78 is 0. The van der Waals surface area contributed by atoms with Gasteiger partial charge in [0.2, 0.25) is 0 Å². The van der Waals surface area contributed by atoms with Gasteiger partial charge in [0, 0.05) is 37.6 Å². The highest BCUT2D eigenvalue weighted by atomic mass is 15.2. The summed E-state index contributed by atoms with van der Waals surface area (Å²) in [6.45, 7) is 6.96. The summed E-state index contributed by atoms with van der Waals surface area (Å²) in [7, 11) is 4.41. The molecule has 0 bridgehead atoms. The molecule has 0 N–H and O–H groups in total. The molecule has 124 valence electrons. The van der Waals surface area contributed by atoms with Crippen molar-refractivity contribution in [1.29, 1.82) is 0 Å². The third kappa shape index (κ3) is 4.51. The molecule has 0 aliphatic carbocycles. The molecule has 0 radical (unpaired) electrons. The van der Waals surface area contributed by atoms with E-state index in [9.17, 15) is 0 Å². The number of para-hydroxylation sites is 2. The number of hydrogen-bond acceptors (Lipinski definition) is 2. The quantitative estimate of drug-likeness (QED) is 0.705. The Morgan fingerprint density at radius 3 is 1.57 bits per heavy atom. The van der Waals surface area contributed by atoms with E-state index in [4.69, 9.17) is 0 Å². The molecule has 2 aromatic rings. The second-order valence-electron chi connectivity index (χ2n) is 6.79. The van der Waals surface area contributed by atoms with Gasteiger partial charge < -0.3 is 9.80 Å². The molecule has 0 saturated heterocycles. The molecule has 0 aliphatic rings. The lowest BCUT2D eigenvalue weighted by Gasteiger charge is -2.37. The van der Waals surface area contributed by atoms with Crippen LogP contribution in [0.1, 0.15) is 27.2 Å². The van der Waals surface area contributed by atoms with Crippen LogP contribution in [-0.2, 0) is 0 Å². The first-order chi connectivity index (χ1) is 11.0. The lowest BCUT2D eigenvalue weighted by atomic mass is 9.94. The number of rotatable bonds is 7. The fourth-order valence-corrected chi connectivity index (χ4v) is 3.16. The Balaban J connectivity index is 2.10. The smallest absolute Gasteiger partial charge is 0.0366 e. The number of nitrogens with zero attached hydrogens (tertiary/aromatic N) is 2. The molecule has 0 aromatic heterocycles. The van der Waals surface area contributed by atoms with Crippen molar-refractivity contribution in [3.05, 3.63) is 60.7 Å². The van der Waals surface area contributed by atoms with Crippen molar-refractivity contribution in [2.24, 2.45) is 5.92 Å². The number of anilines is 2. The van der Waals surface area contributed by atoms with Crippen LogP contribution in [0.5, 0.6) is 0 Å². The second kappa shape index (κ2) is 8.05. The number of hydrogen-bond donors (Lipinski definition) is 0. The van der Waals surface area contributed by atoms with Gasteiger partial charge in [-0.15, -0.1) is 0 Å². The molecular weight excluding hydrogens is 280 g/mol. The Kier molecular flexibility index (Phi) is 6.09. The summed E-state index contributed by atoms with van der Waals surface area (Å²) in [5, 5.41) is 0. The predicted octanol–water partition coefficient (Wildman–Crippen LogP) is 5.06. The molecule has 2 rings (SSSR count). The van der Waals surface area contributed by atoms with Crippen LogP contribution in [0.15, 0.2) is 60.7 Å². The van der Waals surface area contributed by atoms with E-state index in [1.165, 1.54) is 11.4 Å². The molecule has 0 amide bonds. The maximum atomic E-state index is 2.43. The van der Waals surface area contributed by atoms with E-state index in [0.29, 0.717) is 18.0 Å². The van der Waals surface area contributed by atoms with Gasteiger partial charge >= 0.3 is 0 Å². The van der Waals surface area contributed by atoms with Crippen LogP contribution in [0.3, 0.4) is 0 Å². The zero-order valence-electron chi connectivity index (χ0n) is 15.1. The molecule has 2 unspecified atom stereocenters. The maximum absolute atomic E-state index is 2.43. The zero-order valence-corrected chi connectivity index (χ0v) is 15.1. The molecule has 0 heterocycles. The standard InChI is InChI=1S/C21H30N2/c1-17(2)21(23(5)20-14-10-7-11-15-20)16-18(3)22(4)19-12-8-6-9-13-19/h6-15,17-18,21H,16H2,1-5H3. The van der Waals surface area contributed by atoms with Crippen LogP contribution in [0.25, 0.3) is 0 Å². The summed E-state index contributed by atoms with van der Waals surface area (Å²) in [5.74, 6) is 0.604. The van der Waals surface area contributed by atoms with Gasteiger partial charge in [-0.3, -0.25) is 0 Å². The molecule has 0 fully saturated rings. The lowest BCUT2D eigenvalue weighted by Crippen LogP contribution is -2.42. The van der Waals surface area contributed by atoms with Gasteiger partial charge in [-0.05, 0) is 43.5 Å². The van der Waals surface area contributed by atoms with Crippen molar-refractivity contribution in [2.75, 3.05) is 23.9 Å². The van der Waals surface area contributed by atoms with E-state index < -0.39 is 0 Å². The van der Waals surface area contributed by atoms with Crippen molar-refractivity contribution >= 4 is 11.4 Å². The van der Waals surface area contributed by atoms with E-state index in [-0.39, 0.29) is 0 Å². The highest BCUT2D eigenvalue weighted by molar-refractivity contribution is 5.48. The van der Waals surface area contributed by atoms with Crippen molar-refractivity contribution in [1.82, 2.24) is 0 Å². The Morgan fingerprint density at radius 2 is 1.13 bits per heavy atom. The van der Waals surface area contributed by atoms with Crippen LogP contribution in [0, 0.1) is 5.92 Å². The van der Waals surface area contributed by atoms with Gasteiger partial charge in [0.1, 0.15) is 0 Å². The van der Waals surface area contributed by atoms with E-state index in [1.54, 1.807) is 0 Å². The molecule has 2 nitrogen and oxygen atoms in total. The van der Waals surface area contributed by atoms with Crippen molar-refractivity contribution < 1.29 is 0 Å². The maximum Gasteiger partial charge on any atom is 0.0366 e. The van der Waals surface area contributed by atoms with Crippen molar-refractivity contribution in [3.63, 3.8) is 0 Å². The van der Waals surface area contributed by atoms with Gasteiger partial charge in [-0.25, -0.2) is 0 Å². The molecule has 0 spiro atoms. The zero-order chi connectivity index (χ0) is 16.8. The van der Waals surface area contributed by atoms with Crippen LogP contribution >= 0.6 is 0 Å². The Labute approximate surface area is 141 Å². The van der Waals surface area contributed by atoms with Crippen molar-refractivity contribution in [3.8, 4) is 0 Å². The summed E-state index contributed by atoms with van der Waals surface area (Å²) in [6.07, 6.45) is 1.13. The summed E-state index contributed by atoms with van der Waals surface area (Å²) in [4.78, 5) is 4.81. The normalized spacial score (nSPS) is 13.7. The highest BCUT2D eigenvalue weighted by Crippen LogP contribution is 2.25. The van der Waals surface area contributed by atoms with Crippen LogP contribution in [-0.4, -0.2) is 26.2 Å². The van der Waals surface area contributed by atoms with Crippen LogP contribution < -0.4 is 9.80 Å². The van der Waals surface area contributed by atoms with Gasteiger partial charge in [0.25, 0.3) is 0 Å². The minimum absolute atomic E-state index is 0.482. The topological polar surface area (TPSA) is 6.48 Å². The number of benzene rings is 2. The first-order valence-corrected chi connectivity index (χ1v) is 8.56. The van der Waals surface area contributed by atoms with Gasteiger partial charge in [0.05, 0.1) is 0 Å². The third-order valence-corrected chi connectivity index (χ3v) is 4.84. The van der Waals surface area contributed by atoms with Gasteiger partial charge in [0.15, 0.2) is 0 Å². The predicted molar refractivity (Wildman–Crippen MR) is 102 cm³/mol. The van der Waals surface area contributed by atoms with E-state index in [2.05, 4.69) is 105 Å². The Bertz CT molecular complexity index is 565. The van der Waals surface area contributed by atoms with Crippen LogP contribution in [0.2, 0.25) is 0 Å². The molecule has 0 aliphatic heterocycles. The highest BCUT2D eigenvalue weighted by Gasteiger charge is 2.23. The summed E-state index contributed by atoms with van der Waals surface area (Å²) in [6, 6.07) is 22.3. The van der Waals surface area contributed by atoms with E-state index in [0.717, 1.165) is 6.42 Å². The SMILES string of the molecule is CC(C)C(CC(C)N(C)c1ccccc1)N(C)c1ccccc1. The minimum Gasteiger partial charge on any atom is -0.372 e. The van der Waals surface area contributed by atoms with Gasteiger partial charge in [-0.2, -0.15) is 0 Å². The second-order valence-corrected chi connectivity index (χ2v) is 6.79. The minimum atomic E-state index is 0.482. The molecule has 23 heavy (non-hydrogen) atoms. The molecule has 2 aromatic carbocycles. The van der Waals surface area contributed by atoms with Crippen LogP contribution in [0.4, 0.5) is 11.4 Å². The monoisotopic (exact) mass is 310 g/mol. The fraction of sp³-hybridized carbons (Fsp3) is 0.429.